The van der Waals surface area contributed by atoms with Gasteiger partial charge in [0.25, 0.3) is 5.91 Å². The highest BCUT2D eigenvalue weighted by atomic mass is 35.5. The smallest absolute Gasteiger partial charge is 0.255 e. The van der Waals surface area contributed by atoms with E-state index in [1.165, 1.54) is 5.57 Å². The summed E-state index contributed by atoms with van der Waals surface area (Å²) in [6.45, 7) is 4.45. The quantitative estimate of drug-likeness (QED) is 0.820. The number of halogens is 1. The topological polar surface area (TPSA) is 59.0 Å². The lowest BCUT2D eigenvalue weighted by atomic mass is 10.1. The average molecular weight is 345 g/mol. The van der Waals surface area contributed by atoms with Gasteiger partial charge in [-0.05, 0) is 37.6 Å². The first-order chi connectivity index (χ1) is 11.7. The number of rotatable bonds is 5. The van der Waals surface area contributed by atoms with Gasteiger partial charge in [0.2, 0.25) is 0 Å². The molecule has 126 valence electrons. The van der Waals surface area contributed by atoms with Crippen LogP contribution >= 0.6 is 11.6 Å². The van der Waals surface area contributed by atoms with Crippen LogP contribution in [0.5, 0.6) is 0 Å². The van der Waals surface area contributed by atoms with Crippen molar-refractivity contribution >= 4 is 17.5 Å². The van der Waals surface area contributed by atoms with Gasteiger partial charge in [0.15, 0.2) is 0 Å². The third kappa shape index (κ3) is 3.68. The van der Waals surface area contributed by atoms with Crippen LogP contribution in [0, 0.1) is 0 Å². The fourth-order valence-electron chi connectivity index (χ4n) is 2.85. The van der Waals surface area contributed by atoms with Crippen molar-refractivity contribution in [2.75, 3.05) is 19.6 Å². The maximum absolute atomic E-state index is 12.5. The maximum atomic E-state index is 12.5. The lowest BCUT2D eigenvalue weighted by Gasteiger charge is -2.14. The summed E-state index contributed by atoms with van der Waals surface area (Å²) in [4.78, 5) is 12.5. The Morgan fingerprint density at radius 1 is 1.46 bits per heavy atom. The van der Waals surface area contributed by atoms with Gasteiger partial charge < -0.3 is 10.6 Å². The molecule has 2 aromatic rings. The van der Waals surface area contributed by atoms with Crippen molar-refractivity contribution in [1.29, 1.82) is 0 Å². The van der Waals surface area contributed by atoms with Gasteiger partial charge in [-0.1, -0.05) is 36.2 Å². The maximum Gasteiger partial charge on any atom is 0.255 e. The van der Waals surface area contributed by atoms with Crippen LogP contribution in [0.15, 0.2) is 42.1 Å². The second-order valence-corrected chi connectivity index (χ2v) is 6.19. The minimum absolute atomic E-state index is 0.0837. The molecule has 5 nitrogen and oxygen atoms in total. The summed E-state index contributed by atoms with van der Waals surface area (Å²) in [6.07, 6.45) is 5.45. The van der Waals surface area contributed by atoms with Crippen LogP contribution in [0.3, 0.4) is 0 Å². The van der Waals surface area contributed by atoms with E-state index < -0.39 is 0 Å². The first kappa shape index (κ1) is 16.7. The van der Waals surface area contributed by atoms with E-state index in [0.717, 1.165) is 30.9 Å². The molecule has 1 aromatic heterocycles. The molecule has 0 saturated heterocycles. The Balaban J connectivity index is 1.78. The SMILES string of the molecule is CCc1c(C(=O)NCC2=CCNCC2)cnn1-c1cccc(Cl)c1. The standard InChI is InChI=1S/C18H21ClN4O/c1-2-17-16(18(24)21-11-13-6-8-20-9-7-13)12-22-23(17)15-5-3-4-14(19)10-15/h3-6,10,12,20H,2,7-9,11H2,1H3,(H,21,24). The highest BCUT2D eigenvalue weighted by Gasteiger charge is 2.17. The molecule has 0 bridgehead atoms. The summed E-state index contributed by atoms with van der Waals surface area (Å²) in [7, 11) is 0. The Morgan fingerprint density at radius 3 is 3.04 bits per heavy atom. The Morgan fingerprint density at radius 2 is 2.33 bits per heavy atom. The fourth-order valence-corrected chi connectivity index (χ4v) is 3.04. The molecule has 3 rings (SSSR count). The number of carbonyl (C=O) groups is 1. The molecule has 1 aliphatic heterocycles. The van der Waals surface area contributed by atoms with Crippen LogP contribution in [0.2, 0.25) is 5.02 Å². The summed E-state index contributed by atoms with van der Waals surface area (Å²) in [5.74, 6) is -0.0837. The molecule has 0 radical (unpaired) electrons. The summed E-state index contributed by atoms with van der Waals surface area (Å²) in [6, 6.07) is 7.47. The van der Waals surface area contributed by atoms with E-state index in [2.05, 4.69) is 21.8 Å². The molecule has 1 aliphatic rings. The van der Waals surface area contributed by atoms with Crippen LogP contribution in [0.1, 0.15) is 29.4 Å². The molecule has 0 saturated carbocycles. The van der Waals surface area contributed by atoms with Gasteiger partial charge in [0, 0.05) is 18.1 Å². The number of hydrogen-bond donors (Lipinski definition) is 2. The van der Waals surface area contributed by atoms with Crippen molar-refractivity contribution < 1.29 is 4.79 Å². The molecule has 2 N–H and O–H groups in total. The molecule has 6 heteroatoms. The highest BCUT2D eigenvalue weighted by molar-refractivity contribution is 6.30. The largest absolute Gasteiger partial charge is 0.348 e. The average Bonchev–Trinajstić information content (AvgIpc) is 3.04. The number of benzene rings is 1. The fraction of sp³-hybridized carbons (Fsp3) is 0.333. The van der Waals surface area contributed by atoms with Crippen molar-refractivity contribution in [3.8, 4) is 5.69 Å². The molecule has 0 aliphatic carbocycles. The Kier molecular flexibility index (Phi) is 5.33. The van der Waals surface area contributed by atoms with E-state index in [1.54, 1.807) is 10.9 Å². The Labute approximate surface area is 146 Å². The summed E-state index contributed by atoms with van der Waals surface area (Å²) >= 11 is 6.06. The first-order valence-corrected chi connectivity index (χ1v) is 8.56. The van der Waals surface area contributed by atoms with E-state index in [4.69, 9.17) is 11.6 Å². The zero-order valence-electron chi connectivity index (χ0n) is 13.7. The monoisotopic (exact) mass is 344 g/mol. The lowest BCUT2D eigenvalue weighted by Crippen LogP contribution is -2.30. The molecule has 2 heterocycles. The summed E-state index contributed by atoms with van der Waals surface area (Å²) in [5, 5.41) is 11.3. The van der Waals surface area contributed by atoms with Gasteiger partial charge in [-0.2, -0.15) is 5.10 Å². The predicted molar refractivity (Wildman–Crippen MR) is 95.9 cm³/mol. The van der Waals surface area contributed by atoms with Crippen molar-refractivity contribution in [3.05, 3.63) is 58.4 Å². The number of nitrogens with one attached hydrogen (secondary N) is 2. The van der Waals surface area contributed by atoms with Crippen LogP contribution in [0.25, 0.3) is 5.69 Å². The van der Waals surface area contributed by atoms with E-state index in [9.17, 15) is 4.79 Å². The molecular weight excluding hydrogens is 324 g/mol. The van der Waals surface area contributed by atoms with E-state index in [1.807, 2.05) is 31.2 Å². The molecule has 0 spiro atoms. The number of aromatic nitrogens is 2. The van der Waals surface area contributed by atoms with Crippen molar-refractivity contribution in [2.45, 2.75) is 19.8 Å². The van der Waals surface area contributed by atoms with Gasteiger partial charge in [0.1, 0.15) is 0 Å². The van der Waals surface area contributed by atoms with Crippen LogP contribution in [0.4, 0.5) is 0 Å². The Bertz CT molecular complexity index is 766. The summed E-state index contributed by atoms with van der Waals surface area (Å²) in [5.41, 5.74) is 3.63. The number of amides is 1. The molecule has 0 fully saturated rings. The first-order valence-electron chi connectivity index (χ1n) is 8.18. The zero-order valence-corrected chi connectivity index (χ0v) is 14.4. The highest BCUT2D eigenvalue weighted by Crippen LogP contribution is 2.19. The second kappa shape index (κ2) is 7.64. The van der Waals surface area contributed by atoms with Crippen LogP contribution in [-0.4, -0.2) is 35.3 Å². The molecular formula is C18H21ClN4O. The third-order valence-electron chi connectivity index (χ3n) is 4.14. The predicted octanol–water partition coefficient (Wildman–Crippen LogP) is 2.74. The lowest BCUT2D eigenvalue weighted by molar-refractivity contribution is 0.0955. The zero-order chi connectivity index (χ0) is 16.9. The molecule has 1 aromatic carbocycles. The van der Waals surface area contributed by atoms with Crippen molar-refractivity contribution in [2.24, 2.45) is 0 Å². The van der Waals surface area contributed by atoms with E-state index in [-0.39, 0.29) is 5.91 Å². The van der Waals surface area contributed by atoms with E-state index >= 15 is 0 Å². The van der Waals surface area contributed by atoms with Gasteiger partial charge in [-0.3, -0.25) is 4.79 Å². The van der Waals surface area contributed by atoms with Crippen LogP contribution < -0.4 is 10.6 Å². The van der Waals surface area contributed by atoms with Crippen molar-refractivity contribution in [3.63, 3.8) is 0 Å². The minimum Gasteiger partial charge on any atom is -0.348 e. The molecule has 1 amide bonds. The van der Waals surface area contributed by atoms with Gasteiger partial charge in [0.05, 0.1) is 23.1 Å². The van der Waals surface area contributed by atoms with Gasteiger partial charge in [-0.15, -0.1) is 0 Å². The van der Waals surface area contributed by atoms with Gasteiger partial charge >= 0.3 is 0 Å². The normalized spacial score (nSPS) is 14.3. The second-order valence-electron chi connectivity index (χ2n) is 5.75. The molecule has 24 heavy (non-hydrogen) atoms. The number of nitrogens with zero attached hydrogens (tertiary/aromatic N) is 2. The molecule has 0 unspecified atom stereocenters. The van der Waals surface area contributed by atoms with Crippen molar-refractivity contribution in [1.82, 2.24) is 20.4 Å². The van der Waals surface area contributed by atoms with Gasteiger partial charge in [-0.25, -0.2) is 4.68 Å². The Hall–Kier alpha value is -2.11. The van der Waals surface area contributed by atoms with Crippen LogP contribution in [-0.2, 0) is 6.42 Å². The van der Waals surface area contributed by atoms with E-state index in [0.29, 0.717) is 23.6 Å². The molecule has 0 atom stereocenters. The minimum atomic E-state index is -0.0837. The number of carbonyl (C=O) groups excluding carboxylic acids is 1. The summed E-state index contributed by atoms with van der Waals surface area (Å²) < 4.78 is 1.78. The number of hydrogen-bond acceptors (Lipinski definition) is 3. The third-order valence-corrected chi connectivity index (χ3v) is 4.37.